The van der Waals surface area contributed by atoms with Gasteiger partial charge in [0.15, 0.2) is 0 Å². The van der Waals surface area contributed by atoms with Gasteiger partial charge in [0.25, 0.3) is 0 Å². The Hall–Kier alpha value is -0.120. The first-order valence-corrected chi connectivity index (χ1v) is 9.04. The van der Waals surface area contributed by atoms with Gasteiger partial charge in [-0.3, -0.25) is 0 Å². The standard InChI is InChI=1S/C18H36N2O/c1-14(2)19-12-18(8-5-15(3)6-9-18)13-20-10-7-16(4)17(21)11-20/h14-17,19,21H,5-13H2,1-4H3. The maximum Gasteiger partial charge on any atom is 0.0693 e. The molecule has 0 aromatic heterocycles. The molecule has 1 aliphatic carbocycles. The summed E-state index contributed by atoms with van der Waals surface area (Å²) in [6.07, 6.45) is 6.44. The number of hydrogen-bond acceptors (Lipinski definition) is 3. The van der Waals surface area contributed by atoms with Crippen LogP contribution in [0.5, 0.6) is 0 Å². The number of piperidine rings is 1. The Morgan fingerprint density at radius 3 is 2.43 bits per heavy atom. The summed E-state index contributed by atoms with van der Waals surface area (Å²) in [5, 5.41) is 13.9. The molecular formula is C18H36N2O. The Morgan fingerprint density at radius 1 is 1.19 bits per heavy atom. The van der Waals surface area contributed by atoms with E-state index in [1.54, 1.807) is 0 Å². The van der Waals surface area contributed by atoms with Crippen molar-refractivity contribution in [1.82, 2.24) is 10.2 Å². The molecule has 3 nitrogen and oxygen atoms in total. The molecule has 0 spiro atoms. The van der Waals surface area contributed by atoms with E-state index in [1.165, 1.54) is 32.2 Å². The van der Waals surface area contributed by atoms with Gasteiger partial charge in [0.2, 0.25) is 0 Å². The smallest absolute Gasteiger partial charge is 0.0693 e. The van der Waals surface area contributed by atoms with Gasteiger partial charge in [-0.1, -0.05) is 40.5 Å². The summed E-state index contributed by atoms with van der Waals surface area (Å²) >= 11 is 0. The van der Waals surface area contributed by atoms with Gasteiger partial charge in [0.1, 0.15) is 0 Å². The zero-order chi connectivity index (χ0) is 15.5. The van der Waals surface area contributed by atoms with Crippen molar-refractivity contribution in [2.75, 3.05) is 26.2 Å². The number of hydrogen-bond donors (Lipinski definition) is 2. The van der Waals surface area contributed by atoms with E-state index in [0.29, 0.717) is 17.4 Å². The van der Waals surface area contributed by atoms with Crippen molar-refractivity contribution in [2.24, 2.45) is 17.3 Å². The molecule has 2 aliphatic rings. The molecule has 0 amide bonds. The predicted molar refractivity (Wildman–Crippen MR) is 89.4 cm³/mol. The fourth-order valence-corrected chi connectivity index (χ4v) is 3.92. The lowest BCUT2D eigenvalue weighted by Crippen LogP contribution is -2.51. The van der Waals surface area contributed by atoms with E-state index < -0.39 is 0 Å². The third-order valence-electron chi connectivity index (χ3n) is 5.78. The SMILES string of the molecule is CC1CCC(CNC(C)C)(CN2CCC(C)C(O)C2)CC1. The molecule has 1 saturated carbocycles. The molecule has 0 bridgehead atoms. The quantitative estimate of drug-likeness (QED) is 0.819. The van der Waals surface area contributed by atoms with Crippen LogP contribution in [0.4, 0.5) is 0 Å². The average molecular weight is 296 g/mol. The fraction of sp³-hybridized carbons (Fsp3) is 1.00. The molecule has 0 aromatic carbocycles. The molecule has 0 aromatic rings. The minimum atomic E-state index is -0.128. The molecule has 2 fully saturated rings. The summed E-state index contributed by atoms with van der Waals surface area (Å²) in [7, 11) is 0. The summed E-state index contributed by atoms with van der Waals surface area (Å²) < 4.78 is 0. The van der Waals surface area contributed by atoms with Gasteiger partial charge in [-0.25, -0.2) is 0 Å². The molecule has 2 rings (SSSR count). The summed E-state index contributed by atoms with van der Waals surface area (Å²) in [5.41, 5.74) is 0.428. The number of aliphatic hydroxyl groups excluding tert-OH is 1. The minimum absolute atomic E-state index is 0.128. The molecule has 0 radical (unpaired) electrons. The average Bonchev–Trinajstić information content (AvgIpc) is 2.44. The Balaban J connectivity index is 1.95. The predicted octanol–water partition coefficient (Wildman–Crippen LogP) is 2.88. The second-order valence-electron chi connectivity index (χ2n) is 8.29. The van der Waals surface area contributed by atoms with Crippen molar-refractivity contribution in [2.45, 2.75) is 71.9 Å². The Bertz CT molecular complexity index is 310. The highest BCUT2D eigenvalue weighted by molar-refractivity contribution is 4.91. The number of β-amino-alcohol motifs (C(OH)–C–C–N with tert-alkyl or cyclic N) is 1. The van der Waals surface area contributed by atoms with Crippen LogP contribution in [-0.2, 0) is 0 Å². The van der Waals surface area contributed by atoms with Crippen LogP contribution in [0, 0.1) is 17.3 Å². The van der Waals surface area contributed by atoms with E-state index in [4.69, 9.17) is 0 Å². The highest BCUT2D eigenvalue weighted by atomic mass is 16.3. The number of rotatable bonds is 5. The lowest BCUT2D eigenvalue weighted by molar-refractivity contribution is -0.00139. The van der Waals surface area contributed by atoms with Crippen LogP contribution in [0.3, 0.4) is 0 Å². The minimum Gasteiger partial charge on any atom is -0.392 e. The second kappa shape index (κ2) is 7.43. The monoisotopic (exact) mass is 296 g/mol. The Labute approximate surface area is 131 Å². The normalized spacial score (nSPS) is 38.9. The van der Waals surface area contributed by atoms with Crippen molar-refractivity contribution in [1.29, 1.82) is 0 Å². The van der Waals surface area contributed by atoms with Gasteiger partial charge in [-0.15, -0.1) is 0 Å². The highest BCUT2D eigenvalue weighted by Crippen LogP contribution is 2.39. The van der Waals surface area contributed by atoms with E-state index in [9.17, 15) is 5.11 Å². The van der Waals surface area contributed by atoms with E-state index in [0.717, 1.165) is 32.0 Å². The first kappa shape index (κ1) is 17.2. The van der Waals surface area contributed by atoms with Gasteiger partial charge in [-0.05, 0) is 43.1 Å². The van der Waals surface area contributed by atoms with E-state index >= 15 is 0 Å². The van der Waals surface area contributed by atoms with Crippen LogP contribution < -0.4 is 5.32 Å². The van der Waals surface area contributed by atoms with Crippen molar-refractivity contribution < 1.29 is 5.11 Å². The zero-order valence-corrected chi connectivity index (χ0v) is 14.6. The third kappa shape index (κ3) is 4.94. The first-order chi connectivity index (χ1) is 9.90. The summed E-state index contributed by atoms with van der Waals surface area (Å²) in [6.45, 7) is 13.4. The summed E-state index contributed by atoms with van der Waals surface area (Å²) in [6, 6.07) is 0.563. The van der Waals surface area contributed by atoms with Crippen molar-refractivity contribution in [3.8, 4) is 0 Å². The van der Waals surface area contributed by atoms with Gasteiger partial charge >= 0.3 is 0 Å². The molecule has 2 atom stereocenters. The fourth-order valence-electron chi connectivity index (χ4n) is 3.92. The van der Waals surface area contributed by atoms with Crippen molar-refractivity contribution in [3.05, 3.63) is 0 Å². The molecular weight excluding hydrogens is 260 g/mol. The molecule has 2 N–H and O–H groups in total. The van der Waals surface area contributed by atoms with Crippen LogP contribution in [0.25, 0.3) is 0 Å². The van der Waals surface area contributed by atoms with Gasteiger partial charge in [0, 0.05) is 25.7 Å². The Kier molecular flexibility index (Phi) is 6.10. The third-order valence-corrected chi connectivity index (χ3v) is 5.78. The lowest BCUT2D eigenvalue weighted by Gasteiger charge is -2.45. The van der Waals surface area contributed by atoms with Crippen LogP contribution in [0.2, 0.25) is 0 Å². The maximum atomic E-state index is 10.2. The molecule has 1 aliphatic heterocycles. The van der Waals surface area contributed by atoms with Gasteiger partial charge in [-0.2, -0.15) is 0 Å². The van der Waals surface area contributed by atoms with Gasteiger partial charge < -0.3 is 15.3 Å². The van der Waals surface area contributed by atoms with Crippen molar-refractivity contribution >= 4 is 0 Å². The van der Waals surface area contributed by atoms with Gasteiger partial charge in [0.05, 0.1) is 6.10 Å². The number of nitrogens with one attached hydrogen (secondary N) is 1. The first-order valence-electron chi connectivity index (χ1n) is 9.04. The molecule has 1 saturated heterocycles. The summed E-state index contributed by atoms with van der Waals surface area (Å²) in [4.78, 5) is 2.53. The van der Waals surface area contributed by atoms with Crippen LogP contribution in [0.15, 0.2) is 0 Å². The van der Waals surface area contributed by atoms with Crippen LogP contribution >= 0.6 is 0 Å². The van der Waals surface area contributed by atoms with E-state index in [1.807, 2.05) is 0 Å². The van der Waals surface area contributed by atoms with Crippen LogP contribution in [-0.4, -0.2) is 48.3 Å². The summed E-state index contributed by atoms with van der Waals surface area (Å²) in [5.74, 6) is 1.36. The highest BCUT2D eigenvalue weighted by Gasteiger charge is 2.37. The molecule has 2 unspecified atom stereocenters. The number of nitrogens with zero attached hydrogens (tertiary/aromatic N) is 1. The lowest BCUT2D eigenvalue weighted by atomic mass is 9.70. The van der Waals surface area contributed by atoms with E-state index in [2.05, 4.69) is 37.9 Å². The Morgan fingerprint density at radius 2 is 1.86 bits per heavy atom. The van der Waals surface area contributed by atoms with Crippen LogP contribution in [0.1, 0.15) is 59.8 Å². The molecule has 124 valence electrons. The molecule has 21 heavy (non-hydrogen) atoms. The second-order valence-corrected chi connectivity index (χ2v) is 8.29. The largest absolute Gasteiger partial charge is 0.392 e. The molecule has 1 heterocycles. The van der Waals surface area contributed by atoms with Crippen molar-refractivity contribution in [3.63, 3.8) is 0 Å². The molecule has 3 heteroatoms. The van der Waals surface area contributed by atoms with E-state index in [-0.39, 0.29) is 6.10 Å². The number of likely N-dealkylation sites (tertiary alicyclic amines) is 1. The maximum absolute atomic E-state index is 10.2. The number of aliphatic hydroxyl groups is 1. The topological polar surface area (TPSA) is 35.5 Å². The zero-order valence-electron chi connectivity index (χ0n) is 14.6.